The van der Waals surface area contributed by atoms with Gasteiger partial charge in [-0.2, -0.15) is 10.0 Å². The highest BCUT2D eigenvalue weighted by Gasteiger charge is 2.40. The zero-order valence-electron chi connectivity index (χ0n) is 19.8. The summed E-state index contributed by atoms with van der Waals surface area (Å²) in [7, 11) is -1.71. The number of carboxylic acids is 1. The maximum Gasteiger partial charge on any atom is 0.408 e. The second-order valence-corrected chi connectivity index (χ2v) is 13.4. The van der Waals surface area contributed by atoms with Gasteiger partial charge in [0.1, 0.15) is 5.60 Å². The predicted molar refractivity (Wildman–Crippen MR) is 128 cm³/mol. The molecule has 0 spiro atoms. The summed E-state index contributed by atoms with van der Waals surface area (Å²) in [6, 6.07) is 19.2. The highest BCUT2D eigenvalue weighted by molar-refractivity contribution is 8.34. The van der Waals surface area contributed by atoms with Gasteiger partial charge in [0.15, 0.2) is 6.04 Å². The van der Waals surface area contributed by atoms with Gasteiger partial charge in [-0.1, -0.05) is 57.2 Å². The van der Waals surface area contributed by atoms with Gasteiger partial charge >= 0.3 is 12.1 Å². The first-order valence-electron chi connectivity index (χ1n) is 10.6. The fourth-order valence-corrected chi connectivity index (χ4v) is 7.28. The third kappa shape index (κ3) is 6.50. The molecule has 32 heavy (non-hydrogen) atoms. The van der Waals surface area contributed by atoms with Crippen LogP contribution in [0.1, 0.15) is 41.5 Å². The Morgan fingerprint density at radius 1 is 0.906 bits per heavy atom. The molecule has 7 heteroatoms. The fraction of sp³-hybridized carbons (Fsp3) is 0.440. The van der Waals surface area contributed by atoms with E-state index in [1.54, 1.807) is 20.8 Å². The normalized spacial score (nSPS) is 13.8. The molecule has 2 aromatic rings. The van der Waals surface area contributed by atoms with Crippen LogP contribution in [0.3, 0.4) is 0 Å². The number of amides is 1. The van der Waals surface area contributed by atoms with Crippen molar-refractivity contribution in [2.24, 2.45) is 0 Å². The second kappa shape index (κ2) is 10.4. The summed E-state index contributed by atoms with van der Waals surface area (Å²) < 4.78 is 11.1. The van der Waals surface area contributed by atoms with E-state index in [4.69, 9.17) is 9.47 Å². The lowest BCUT2D eigenvalue weighted by Crippen LogP contribution is -2.46. The Morgan fingerprint density at radius 3 is 1.75 bits per heavy atom. The molecule has 0 aliphatic rings. The molecule has 6 nitrogen and oxygen atoms in total. The Bertz CT molecular complexity index is 849. The third-order valence-electron chi connectivity index (χ3n) is 4.87. The summed E-state index contributed by atoms with van der Waals surface area (Å²) in [6.07, 6.45) is -0.783. The molecule has 2 rings (SSSR count). The Balaban J connectivity index is 2.31. The van der Waals surface area contributed by atoms with Crippen LogP contribution in [0.2, 0.25) is 0 Å². The van der Waals surface area contributed by atoms with E-state index in [0.29, 0.717) is 5.94 Å². The van der Waals surface area contributed by atoms with Gasteiger partial charge in [0, 0.05) is 4.75 Å². The van der Waals surface area contributed by atoms with E-state index in [9.17, 15) is 14.7 Å². The SMILES string of the molecule is CC(C)(C)OC(=O)NC(COCS(c1ccccc1)(c1ccccc1)C(C)(C)C)C(=O)O. The second-order valence-electron chi connectivity index (χ2n) is 9.50. The first kappa shape index (κ1) is 25.7. The number of carbonyl (C=O) groups is 2. The Morgan fingerprint density at radius 2 is 1.38 bits per heavy atom. The van der Waals surface area contributed by atoms with E-state index in [-0.39, 0.29) is 11.4 Å². The van der Waals surface area contributed by atoms with E-state index in [1.807, 2.05) is 36.4 Å². The molecule has 0 heterocycles. The molecule has 0 saturated heterocycles. The van der Waals surface area contributed by atoms with Gasteiger partial charge in [0.05, 0.1) is 12.5 Å². The number of carboxylic acid groups (broad SMARTS) is 1. The average molecular weight is 462 g/mol. The van der Waals surface area contributed by atoms with E-state index in [0.717, 1.165) is 9.79 Å². The number of hydrogen-bond acceptors (Lipinski definition) is 4. The summed E-state index contributed by atoms with van der Waals surface area (Å²) in [5.41, 5.74) is -0.722. The zero-order valence-corrected chi connectivity index (χ0v) is 20.6. The monoisotopic (exact) mass is 461 g/mol. The van der Waals surface area contributed by atoms with E-state index < -0.39 is 33.7 Å². The van der Waals surface area contributed by atoms with Gasteiger partial charge in [-0.25, -0.2) is 9.59 Å². The molecular weight excluding hydrogens is 426 g/mol. The summed E-state index contributed by atoms with van der Waals surface area (Å²) in [5.74, 6) is -0.851. The van der Waals surface area contributed by atoms with Gasteiger partial charge in [-0.3, -0.25) is 0 Å². The van der Waals surface area contributed by atoms with Crippen molar-refractivity contribution in [2.75, 3.05) is 12.5 Å². The van der Waals surface area contributed by atoms with Gasteiger partial charge in [-0.05, 0) is 54.8 Å². The van der Waals surface area contributed by atoms with Gasteiger partial charge in [-0.15, -0.1) is 0 Å². The van der Waals surface area contributed by atoms with Crippen LogP contribution >= 0.6 is 10.0 Å². The molecular formula is C25H35NO5S. The molecule has 0 bridgehead atoms. The smallest absolute Gasteiger partial charge is 0.408 e. The van der Waals surface area contributed by atoms with Crippen LogP contribution in [0, 0.1) is 0 Å². The van der Waals surface area contributed by atoms with Crippen LogP contribution in [0.25, 0.3) is 0 Å². The quantitative estimate of drug-likeness (QED) is 0.530. The number of hydrogen-bond donors (Lipinski definition) is 2. The number of carbonyl (C=O) groups excluding carboxylic acids is 1. The topological polar surface area (TPSA) is 84.9 Å². The lowest BCUT2D eigenvalue weighted by atomic mass is 10.2. The Hall–Kier alpha value is -2.51. The van der Waals surface area contributed by atoms with Crippen molar-refractivity contribution in [3.05, 3.63) is 60.7 Å². The lowest BCUT2D eigenvalue weighted by Gasteiger charge is -2.51. The molecule has 0 saturated carbocycles. The average Bonchev–Trinajstić information content (AvgIpc) is 2.69. The molecule has 2 aromatic carbocycles. The highest BCUT2D eigenvalue weighted by Crippen LogP contribution is 2.70. The maximum atomic E-state index is 12.1. The summed E-state index contributed by atoms with van der Waals surface area (Å²) in [5, 5.41) is 12.0. The van der Waals surface area contributed by atoms with Crippen molar-refractivity contribution in [2.45, 2.75) is 67.7 Å². The molecule has 1 amide bonds. The van der Waals surface area contributed by atoms with Crippen molar-refractivity contribution in [1.29, 1.82) is 0 Å². The molecule has 2 N–H and O–H groups in total. The van der Waals surface area contributed by atoms with E-state index >= 15 is 0 Å². The molecule has 1 unspecified atom stereocenters. The largest absolute Gasteiger partial charge is 0.480 e. The number of alkyl carbamates (subject to hydrolysis) is 1. The molecule has 176 valence electrons. The van der Waals surface area contributed by atoms with Crippen LogP contribution < -0.4 is 5.32 Å². The number of aliphatic carboxylic acids is 1. The standard InChI is InChI=1S/C25H35NO5S/c1-24(2,3)31-23(29)26-21(22(27)28)17-30-18-32(25(4,5)6,19-13-9-7-10-14-19)20-15-11-8-12-16-20/h7-16,21H,17-18H2,1-6H3,(H,26,29)(H,27,28). The number of nitrogens with one attached hydrogen (secondary N) is 1. The number of ether oxygens (including phenoxy) is 2. The van der Waals surface area contributed by atoms with Crippen molar-refractivity contribution in [3.8, 4) is 0 Å². The summed E-state index contributed by atoms with van der Waals surface area (Å²) in [4.78, 5) is 26.2. The van der Waals surface area contributed by atoms with Crippen LogP contribution in [-0.4, -0.2) is 46.1 Å². The maximum absolute atomic E-state index is 12.1. The Labute approximate surface area is 192 Å². The Kier molecular flexibility index (Phi) is 8.37. The first-order chi connectivity index (χ1) is 14.9. The number of benzene rings is 2. The number of rotatable bonds is 8. The van der Waals surface area contributed by atoms with Crippen molar-refractivity contribution in [3.63, 3.8) is 0 Å². The molecule has 0 aromatic heterocycles. The van der Waals surface area contributed by atoms with Crippen LogP contribution in [0.4, 0.5) is 4.79 Å². The molecule has 0 aliphatic carbocycles. The zero-order chi connectivity index (χ0) is 24.0. The minimum Gasteiger partial charge on any atom is -0.480 e. The minimum atomic E-state index is -1.71. The highest BCUT2D eigenvalue weighted by atomic mass is 32.3. The molecule has 0 aliphatic heterocycles. The van der Waals surface area contributed by atoms with E-state index in [2.05, 4.69) is 50.4 Å². The molecule has 0 fully saturated rings. The van der Waals surface area contributed by atoms with Gasteiger partial charge < -0.3 is 19.9 Å². The predicted octanol–water partition coefficient (Wildman–Crippen LogP) is 5.66. The van der Waals surface area contributed by atoms with Gasteiger partial charge in [0.25, 0.3) is 0 Å². The van der Waals surface area contributed by atoms with Crippen LogP contribution in [0.15, 0.2) is 70.5 Å². The van der Waals surface area contributed by atoms with Crippen molar-refractivity contribution >= 4 is 22.1 Å². The lowest BCUT2D eigenvalue weighted by molar-refractivity contribution is -0.140. The molecule has 1 atom stereocenters. The van der Waals surface area contributed by atoms with Gasteiger partial charge in [0.2, 0.25) is 0 Å². The fourth-order valence-electron chi connectivity index (χ4n) is 3.38. The molecule has 0 radical (unpaired) electrons. The van der Waals surface area contributed by atoms with Crippen LogP contribution in [-0.2, 0) is 14.3 Å². The van der Waals surface area contributed by atoms with E-state index in [1.165, 1.54) is 0 Å². The third-order valence-corrected chi connectivity index (χ3v) is 9.64. The minimum absolute atomic E-state index is 0.168. The summed E-state index contributed by atoms with van der Waals surface area (Å²) in [6.45, 7) is 11.5. The first-order valence-corrected chi connectivity index (χ1v) is 12.4. The summed E-state index contributed by atoms with van der Waals surface area (Å²) >= 11 is 0. The van der Waals surface area contributed by atoms with Crippen molar-refractivity contribution < 1.29 is 24.2 Å². The van der Waals surface area contributed by atoms with Crippen LogP contribution in [0.5, 0.6) is 0 Å². The van der Waals surface area contributed by atoms with Crippen molar-refractivity contribution in [1.82, 2.24) is 5.32 Å².